The van der Waals surface area contributed by atoms with Gasteiger partial charge in [0.25, 0.3) is 0 Å². The molecular weight excluding hydrogens is 277 g/mol. The molecule has 5 nitrogen and oxygen atoms in total. The minimum atomic E-state index is -1.32. The summed E-state index contributed by atoms with van der Waals surface area (Å²) >= 11 is 0. The van der Waals surface area contributed by atoms with Crippen LogP contribution >= 0.6 is 0 Å². The van der Waals surface area contributed by atoms with Crippen LogP contribution in [0, 0.1) is 5.82 Å². The summed E-state index contributed by atoms with van der Waals surface area (Å²) in [7, 11) is 0. The summed E-state index contributed by atoms with van der Waals surface area (Å²) in [5.74, 6) is -1.83. The summed E-state index contributed by atoms with van der Waals surface area (Å²) in [5.41, 5.74) is -0.390. The van der Waals surface area contributed by atoms with Crippen LogP contribution in [0.15, 0.2) is 18.2 Å². The van der Waals surface area contributed by atoms with Crippen LogP contribution in [0.3, 0.4) is 0 Å². The SMILES string of the molecule is CCN(CC)C(=O)CCCOc1ccc(C(=O)O)c(F)c1. The van der Waals surface area contributed by atoms with Crippen molar-refractivity contribution in [1.82, 2.24) is 4.90 Å². The molecule has 0 unspecified atom stereocenters. The molecule has 0 bridgehead atoms. The molecule has 1 rings (SSSR count). The third-order valence-corrected chi connectivity index (χ3v) is 3.09. The van der Waals surface area contributed by atoms with Crippen LogP contribution < -0.4 is 4.74 Å². The number of rotatable bonds is 8. The maximum absolute atomic E-state index is 13.4. The Morgan fingerprint density at radius 1 is 1.29 bits per heavy atom. The Hall–Kier alpha value is -2.11. The Morgan fingerprint density at radius 2 is 1.95 bits per heavy atom. The Morgan fingerprint density at radius 3 is 2.48 bits per heavy atom. The number of aromatic carboxylic acids is 1. The number of halogens is 1. The van der Waals surface area contributed by atoms with Crippen LogP contribution in [-0.2, 0) is 4.79 Å². The molecule has 0 aliphatic heterocycles. The van der Waals surface area contributed by atoms with Gasteiger partial charge in [0.05, 0.1) is 12.2 Å². The zero-order chi connectivity index (χ0) is 15.8. The topological polar surface area (TPSA) is 66.8 Å². The molecule has 0 fully saturated rings. The summed E-state index contributed by atoms with van der Waals surface area (Å²) in [6, 6.07) is 3.60. The number of carbonyl (C=O) groups is 2. The molecule has 1 aromatic carbocycles. The van der Waals surface area contributed by atoms with Crippen LogP contribution in [-0.4, -0.2) is 41.6 Å². The van der Waals surface area contributed by atoms with Crippen molar-refractivity contribution in [1.29, 1.82) is 0 Å². The van der Waals surface area contributed by atoms with E-state index < -0.39 is 11.8 Å². The lowest BCUT2D eigenvalue weighted by Crippen LogP contribution is -2.30. The fraction of sp³-hybridized carbons (Fsp3) is 0.467. The van der Waals surface area contributed by atoms with Crippen LogP contribution in [0.4, 0.5) is 4.39 Å². The first-order valence-electron chi connectivity index (χ1n) is 6.93. The second-order valence-electron chi connectivity index (χ2n) is 4.46. The lowest BCUT2D eigenvalue weighted by Gasteiger charge is -2.18. The minimum Gasteiger partial charge on any atom is -0.493 e. The average Bonchev–Trinajstić information content (AvgIpc) is 2.44. The summed E-state index contributed by atoms with van der Waals surface area (Å²) in [4.78, 5) is 24.1. The summed E-state index contributed by atoms with van der Waals surface area (Å²) in [6.45, 7) is 5.48. The normalized spacial score (nSPS) is 10.2. The number of carboxylic acid groups (broad SMARTS) is 1. The maximum Gasteiger partial charge on any atom is 0.338 e. The number of benzene rings is 1. The quantitative estimate of drug-likeness (QED) is 0.749. The van der Waals surface area contributed by atoms with Crippen LogP contribution in [0.1, 0.15) is 37.0 Å². The zero-order valence-corrected chi connectivity index (χ0v) is 12.3. The Kier molecular flexibility index (Phi) is 6.65. The minimum absolute atomic E-state index is 0.0657. The van der Waals surface area contributed by atoms with Crippen molar-refractivity contribution in [2.45, 2.75) is 26.7 Å². The second-order valence-corrected chi connectivity index (χ2v) is 4.46. The van der Waals surface area contributed by atoms with Crippen LogP contribution in [0.25, 0.3) is 0 Å². The third kappa shape index (κ3) is 5.06. The van der Waals surface area contributed by atoms with E-state index in [0.717, 1.165) is 12.1 Å². The first-order valence-corrected chi connectivity index (χ1v) is 6.93. The van der Waals surface area contributed by atoms with Crippen molar-refractivity contribution in [3.63, 3.8) is 0 Å². The molecule has 0 aromatic heterocycles. The van der Waals surface area contributed by atoms with Crippen LogP contribution in [0.2, 0.25) is 0 Å². The molecule has 1 N–H and O–H groups in total. The Bertz CT molecular complexity index is 500. The molecule has 0 saturated carbocycles. The van der Waals surface area contributed by atoms with E-state index in [-0.39, 0.29) is 23.8 Å². The number of nitrogens with zero attached hydrogens (tertiary/aromatic N) is 1. The van der Waals surface area contributed by atoms with E-state index in [4.69, 9.17) is 9.84 Å². The van der Waals surface area contributed by atoms with Crippen molar-refractivity contribution in [2.75, 3.05) is 19.7 Å². The fourth-order valence-electron chi connectivity index (χ4n) is 1.91. The standard InChI is InChI=1S/C15H20FNO4/c1-3-17(4-2)14(18)6-5-9-21-11-7-8-12(15(19)20)13(16)10-11/h7-8,10H,3-6,9H2,1-2H3,(H,19,20). The number of hydrogen-bond donors (Lipinski definition) is 1. The first kappa shape index (κ1) is 16.9. The number of carboxylic acids is 1. The largest absolute Gasteiger partial charge is 0.493 e. The summed E-state index contributed by atoms with van der Waals surface area (Å²) < 4.78 is 18.7. The predicted molar refractivity (Wildman–Crippen MR) is 76.0 cm³/mol. The molecule has 1 amide bonds. The highest BCUT2D eigenvalue weighted by atomic mass is 19.1. The summed E-state index contributed by atoms with van der Waals surface area (Å²) in [5, 5.41) is 8.71. The smallest absolute Gasteiger partial charge is 0.338 e. The molecule has 0 radical (unpaired) electrons. The van der Waals surface area contributed by atoms with Gasteiger partial charge in [-0.05, 0) is 32.4 Å². The lowest BCUT2D eigenvalue weighted by molar-refractivity contribution is -0.131. The Labute approximate surface area is 123 Å². The molecule has 0 spiro atoms. The van der Waals surface area contributed by atoms with Crippen LogP contribution in [0.5, 0.6) is 5.75 Å². The van der Waals surface area contributed by atoms with Gasteiger partial charge in [-0.2, -0.15) is 0 Å². The molecule has 1 aromatic rings. The number of ether oxygens (including phenoxy) is 1. The average molecular weight is 297 g/mol. The highest BCUT2D eigenvalue weighted by Gasteiger charge is 2.11. The van der Waals surface area contributed by atoms with Gasteiger partial charge in [0.2, 0.25) is 5.91 Å². The van der Waals surface area contributed by atoms with Gasteiger partial charge in [-0.1, -0.05) is 0 Å². The monoisotopic (exact) mass is 297 g/mol. The molecule has 0 aliphatic carbocycles. The maximum atomic E-state index is 13.4. The van der Waals surface area contributed by atoms with Gasteiger partial charge in [0.15, 0.2) is 0 Å². The molecule has 0 saturated heterocycles. The Balaban J connectivity index is 2.41. The van der Waals surface area contributed by atoms with Gasteiger partial charge in [-0.3, -0.25) is 4.79 Å². The second kappa shape index (κ2) is 8.24. The molecular formula is C15H20FNO4. The summed E-state index contributed by atoms with van der Waals surface area (Å²) in [6.07, 6.45) is 0.898. The van der Waals surface area contributed by atoms with E-state index in [2.05, 4.69) is 0 Å². The molecule has 6 heteroatoms. The molecule has 0 heterocycles. The van der Waals surface area contributed by atoms with Gasteiger partial charge in [-0.15, -0.1) is 0 Å². The fourth-order valence-corrected chi connectivity index (χ4v) is 1.91. The predicted octanol–water partition coefficient (Wildman–Crippen LogP) is 2.55. The zero-order valence-electron chi connectivity index (χ0n) is 12.3. The lowest BCUT2D eigenvalue weighted by atomic mass is 10.2. The molecule has 21 heavy (non-hydrogen) atoms. The van der Waals surface area contributed by atoms with E-state index in [0.29, 0.717) is 25.9 Å². The van der Waals surface area contributed by atoms with Crippen molar-refractivity contribution in [2.24, 2.45) is 0 Å². The van der Waals surface area contributed by atoms with Crippen molar-refractivity contribution in [3.05, 3.63) is 29.6 Å². The van der Waals surface area contributed by atoms with Crippen molar-refractivity contribution in [3.8, 4) is 5.75 Å². The number of hydrogen-bond acceptors (Lipinski definition) is 3. The highest BCUT2D eigenvalue weighted by Crippen LogP contribution is 2.17. The van der Waals surface area contributed by atoms with E-state index in [1.807, 2.05) is 13.8 Å². The molecule has 116 valence electrons. The van der Waals surface area contributed by atoms with Crippen molar-refractivity contribution < 1.29 is 23.8 Å². The highest BCUT2D eigenvalue weighted by molar-refractivity contribution is 5.88. The first-order chi connectivity index (χ1) is 9.99. The van der Waals surface area contributed by atoms with Gasteiger partial charge in [0.1, 0.15) is 11.6 Å². The van der Waals surface area contributed by atoms with Gasteiger partial charge in [0, 0.05) is 25.6 Å². The van der Waals surface area contributed by atoms with E-state index in [1.54, 1.807) is 4.90 Å². The van der Waals surface area contributed by atoms with Gasteiger partial charge >= 0.3 is 5.97 Å². The van der Waals surface area contributed by atoms with Gasteiger partial charge in [-0.25, -0.2) is 9.18 Å². The van der Waals surface area contributed by atoms with E-state index >= 15 is 0 Å². The number of carbonyl (C=O) groups excluding carboxylic acids is 1. The third-order valence-electron chi connectivity index (χ3n) is 3.09. The van der Waals surface area contributed by atoms with E-state index in [9.17, 15) is 14.0 Å². The number of amides is 1. The van der Waals surface area contributed by atoms with Crippen molar-refractivity contribution >= 4 is 11.9 Å². The van der Waals surface area contributed by atoms with Gasteiger partial charge < -0.3 is 14.7 Å². The van der Waals surface area contributed by atoms with E-state index in [1.165, 1.54) is 6.07 Å². The molecule has 0 aliphatic rings. The molecule has 0 atom stereocenters.